The molecule has 0 spiro atoms. The maximum atomic E-state index is 13.2. The Morgan fingerprint density at radius 1 is 1.29 bits per heavy atom. The summed E-state index contributed by atoms with van der Waals surface area (Å²) >= 11 is 0. The molecule has 2 fully saturated rings. The van der Waals surface area contributed by atoms with Crippen LogP contribution in [0.5, 0.6) is 0 Å². The van der Waals surface area contributed by atoms with Crippen LogP contribution in [0.15, 0.2) is 36.0 Å². The van der Waals surface area contributed by atoms with E-state index in [9.17, 15) is 19.2 Å². The van der Waals surface area contributed by atoms with Crippen LogP contribution in [0, 0.1) is 0 Å². The van der Waals surface area contributed by atoms with Crippen LogP contribution in [0.25, 0.3) is 6.08 Å². The molecule has 2 saturated heterocycles. The lowest BCUT2D eigenvalue weighted by Gasteiger charge is -2.35. The van der Waals surface area contributed by atoms with E-state index in [0.717, 1.165) is 12.8 Å². The summed E-state index contributed by atoms with van der Waals surface area (Å²) in [5.74, 6) is -1.96. The molecular formula is C22H27N3O6. The fourth-order valence-corrected chi connectivity index (χ4v) is 3.55. The van der Waals surface area contributed by atoms with E-state index in [1.165, 1.54) is 11.8 Å². The Morgan fingerprint density at radius 3 is 2.74 bits per heavy atom. The molecule has 31 heavy (non-hydrogen) atoms. The van der Waals surface area contributed by atoms with Gasteiger partial charge in [0.2, 0.25) is 11.8 Å². The molecule has 0 aromatic heterocycles. The molecule has 2 unspecified atom stereocenters. The zero-order valence-corrected chi connectivity index (χ0v) is 17.5. The number of nitrogens with one attached hydrogen (secondary N) is 2. The van der Waals surface area contributed by atoms with E-state index < -0.39 is 29.7 Å². The lowest BCUT2D eigenvalue weighted by atomic mass is 10.1. The molecule has 2 atom stereocenters. The monoisotopic (exact) mass is 429 g/mol. The number of esters is 1. The average molecular weight is 429 g/mol. The number of rotatable bonds is 7. The maximum Gasteiger partial charge on any atom is 0.308 e. The van der Waals surface area contributed by atoms with Gasteiger partial charge in [-0.3, -0.25) is 19.2 Å². The van der Waals surface area contributed by atoms with Gasteiger partial charge in [-0.2, -0.15) is 0 Å². The number of benzene rings is 1. The van der Waals surface area contributed by atoms with E-state index in [0.29, 0.717) is 12.2 Å². The summed E-state index contributed by atoms with van der Waals surface area (Å²) in [5.41, 5.74) is 0.750. The van der Waals surface area contributed by atoms with Gasteiger partial charge in [-0.05, 0) is 24.5 Å². The lowest BCUT2D eigenvalue weighted by Crippen LogP contribution is -2.58. The molecule has 9 heteroatoms. The molecule has 3 amide bonds. The Hall–Kier alpha value is -3.20. The maximum absolute atomic E-state index is 13.2. The van der Waals surface area contributed by atoms with E-state index in [4.69, 9.17) is 9.47 Å². The van der Waals surface area contributed by atoms with Crippen LogP contribution in [-0.4, -0.2) is 67.0 Å². The first kappa shape index (κ1) is 22.5. The minimum absolute atomic E-state index is 0.0334. The molecule has 166 valence electrons. The molecule has 2 aliphatic heterocycles. The topological polar surface area (TPSA) is 114 Å². The molecule has 1 aromatic carbocycles. The highest BCUT2D eigenvalue weighted by Gasteiger charge is 2.36. The third-order valence-electron chi connectivity index (χ3n) is 5.06. The van der Waals surface area contributed by atoms with Crippen LogP contribution in [0.2, 0.25) is 0 Å². The van der Waals surface area contributed by atoms with Gasteiger partial charge >= 0.3 is 5.97 Å². The number of hydrogen-bond donors (Lipinski definition) is 2. The highest BCUT2D eigenvalue weighted by atomic mass is 16.6. The van der Waals surface area contributed by atoms with Crippen molar-refractivity contribution in [2.75, 3.05) is 26.3 Å². The van der Waals surface area contributed by atoms with Crippen molar-refractivity contribution in [1.29, 1.82) is 0 Å². The van der Waals surface area contributed by atoms with Crippen molar-refractivity contribution in [3.8, 4) is 0 Å². The number of ether oxygens (including phenoxy) is 2. The fraction of sp³-hybridized carbons (Fsp3) is 0.455. The normalized spacial score (nSPS) is 21.4. The molecular weight excluding hydrogens is 402 g/mol. The third-order valence-corrected chi connectivity index (χ3v) is 5.06. The highest BCUT2D eigenvalue weighted by molar-refractivity contribution is 6.03. The van der Waals surface area contributed by atoms with Gasteiger partial charge < -0.3 is 25.0 Å². The number of amides is 3. The number of carbonyl (C=O) groups excluding carboxylic acids is 4. The van der Waals surface area contributed by atoms with Crippen molar-refractivity contribution in [3.05, 3.63) is 41.6 Å². The van der Waals surface area contributed by atoms with Gasteiger partial charge in [-0.15, -0.1) is 0 Å². The molecule has 9 nitrogen and oxygen atoms in total. The molecule has 0 bridgehead atoms. The lowest BCUT2D eigenvalue weighted by molar-refractivity contribution is -0.153. The van der Waals surface area contributed by atoms with Gasteiger partial charge in [0.25, 0.3) is 5.91 Å². The van der Waals surface area contributed by atoms with Gasteiger partial charge in [0.1, 0.15) is 18.3 Å². The second-order valence-electron chi connectivity index (χ2n) is 7.48. The summed E-state index contributed by atoms with van der Waals surface area (Å²) < 4.78 is 10.7. The van der Waals surface area contributed by atoms with Crippen LogP contribution >= 0.6 is 0 Å². The summed E-state index contributed by atoms with van der Waals surface area (Å²) in [5, 5.41) is 5.22. The molecule has 2 heterocycles. The first-order chi connectivity index (χ1) is 14.9. The van der Waals surface area contributed by atoms with E-state index in [1.807, 2.05) is 18.2 Å². The van der Waals surface area contributed by atoms with E-state index in [-0.39, 0.29) is 37.9 Å². The average Bonchev–Trinajstić information content (AvgIpc) is 3.27. The SMILES string of the molecule is CC(=O)NC(=Cc1ccccc1)C(=O)N1CCNC(=O)C1CC(=O)OCC1CCCO1. The van der Waals surface area contributed by atoms with Crippen LogP contribution in [0.4, 0.5) is 0 Å². The van der Waals surface area contributed by atoms with Crippen molar-refractivity contribution >= 4 is 29.8 Å². The predicted octanol–water partition coefficient (Wildman–Crippen LogP) is 0.603. The Labute approximate surface area is 180 Å². The standard InChI is InChI=1S/C22H27N3O6/c1-15(26)24-18(12-16-6-3-2-4-7-16)22(29)25-10-9-23-21(28)19(25)13-20(27)31-14-17-8-5-11-30-17/h2-4,6-7,12,17,19H,5,8-11,13-14H2,1H3,(H,23,28)(H,24,26). The first-order valence-electron chi connectivity index (χ1n) is 10.3. The van der Waals surface area contributed by atoms with Crippen molar-refractivity contribution in [3.63, 3.8) is 0 Å². The van der Waals surface area contributed by atoms with Gasteiger partial charge in [0.15, 0.2) is 0 Å². The zero-order valence-electron chi connectivity index (χ0n) is 17.5. The van der Waals surface area contributed by atoms with Crippen LogP contribution in [-0.2, 0) is 28.7 Å². The molecule has 1 aromatic rings. The second kappa shape index (κ2) is 10.7. The number of nitrogens with zero attached hydrogens (tertiary/aromatic N) is 1. The van der Waals surface area contributed by atoms with E-state index in [1.54, 1.807) is 18.2 Å². The van der Waals surface area contributed by atoms with Gasteiger partial charge in [-0.1, -0.05) is 30.3 Å². The van der Waals surface area contributed by atoms with Gasteiger partial charge in [-0.25, -0.2) is 0 Å². The predicted molar refractivity (Wildman–Crippen MR) is 111 cm³/mol. The minimum Gasteiger partial charge on any atom is -0.463 e. The number of piperazine rings is 1. The van der Waals surface area contributed by atoms with Crippen molar-refractivity contribution in [2.45, 2.75) is 38.3 Å². The highest BCUT2D eigenvalue weighted by Crippen LogP contribution is 2.17. The summed E-state index contributed by atoms with van der Waals surface area (Å²) in [7, 11) is 0. The van der Waals surface area contributed by atoms with Gasteiger partial charge in [0.05, 0.1) is 12.5 Å². The molecule has 2 aliphatic rings. The molecule has 0 radical (unpaired) electrons. The summed E-state index contributed by atoms with van der Waals surface area (Å²) in [4.78, 5) is 51.0. The summed E-state index contributed by atoms with van der Waals surface area (Å²) in [6.07, 6.45) is 2.90. The van der Waals surface area contributed by atoms with E-state index >= 15 is 0 Å². The Balaban J connectivity index is 1.73. The van der Waals surface area contributed by atoms with Crippen molar-refractivity contribution in [2.24, 2.45) is 0 Å². The smallest absolute Gasteiger partial charge is 0.308 e. The van der Waals surface area contributed by atoms with Crippen LogP contribution in [0.1, 0.15) is 31.7 Å². The molecule has 3 rings (SSSR count). The van der Waals surface area contributed by atoms with Crippen LogP contribution < -0.4 is 10.6 Å². The summed E-state index contributed by atoms with van der Waals surface area (Å²) in [6, 6.07) is 8.01. The Kier molecular flexibility index (Phi) is 7.77. The fourth-order valence-electron chi connectivity index (χ4n) is 3.55. The first-order valence-corrected chi connectivity index (χ1v) is 10.3. The van der Waals surface area contributed by atoms with Crippen LogP contribution in [0.3, 0.4) is 0 Å². The number of carbonyl (C=O) groups is 4. The van der Waals surface area contributed by atoms with E-state index in [2.05, 4.69) is 10.6 Å². The number of hydrogen-bond acceptors (Lipinski definition) is 6. The largest absolute Gasteiger partial charge is 0.463 e. The van der Waals surface area contributed by atoms with Gasteiger partial charge in [0, 0.05) is 26.6 Å². The molecule has 2 N–H and O–H groups in total. The summed E-state index contributed by atoms with van der Waals surface area (Å²) in [6.45, 7) is 2.54. The minimum atomic E-state index is -1.02. The quantitative estimate of drug-likeness (QED) is 0.485. The Bertz CT molecular complexity index is 848. The third kappa shape index (κ3) is 6.39. The Morgan fingerprint density at radius 2 is 2.06 bits per heavy atom. The molecule has 0 aliphatic carbocycles. The second-order valence-corrected chi connectivity index (χ2v) is 7.48. The zero-order chi connectivity index (χ0) is 22.2. The molecule has 0 saturated carbocycles. The van der Waals surface area contributed by atoms with Crippen molar-refractivity contribution < 1.29 is 28.7 Å². The van der Waals surface area contributed by atoms with Crippen molar-refractivity contribution in [1.82, 2.24) is 15.5 Å².